The summed E-state index contributed by atoms with van der Waals surface area (Å²) in [5.74, 6) is 0.332. The minimum atomic E-state index is 0.332. The van der Waals surface area contributed by atoms with Crippen LogP contribution >= 0.6 is 11.3 Å². The molecule has 2 heteroatoms. The van der Waals surface area contributed by atoms with E-state index in [0.29, 0.717) is 5.78 Å². The van der Waals surface area contributed by atoms with Crippen LogP contribution in [0.25, 0.3) is 0 Å². The number of hydrogen-bond acceptors (Lipinski definition) is 2. The molecule has 0 radical (unpaired) electrons. The molecule has 126 valence electrons. The summed E-state index contributed by atoms with van der Waals surface area (Å²) in [6.07, 6.45) is 18.4. The second-order valence-corrected chi connectivity index (χ2v) is 7.34. The molecule has 0 saturated heterocycles. The van der Waals surface area contributed by atoms with Gasteiger partial charge in [0.15, 0.2) is 5.78 Å². The maximum Gasteiger partial charge on any atom is 0.172 e. The summed E-state index contributed by atoms with van der Waals surface area (Å²) in [4.78, 5) is 12.7. The van der Waals surface area contributed by atoms with Crippen molar-refractivity contribution >= 4 is 17.1 Å². The first-order valence-electron chi connectivity index (χ1n) is 9.41. The standard InChI is InChI=1S/C20H34OS/c1-2-3-4-5-6-7-8-9-10-11-12-13-14-16-19(21)20-17-15-18-22-20/h15,17-18H,2-14,16H2,1H3. The molecule has 0 amide bonds. The highest BCUT2D eigenvalue weighted by molar-refractivity contribution is 7.12. The van der Waals surface area contributed by atoms with E-state index in [1.807, 2.05) is 17.5 Å². The average molecular weight is 323 g/mol. The van der Waals surface area contributed by atoms with E-state index in [1.165, 1.54) is 77.0 Å². The quantitative estimate of drug-likeness (QED) is 0.242. The first-order valence-corrected chi connectivity index (χ1v) is 10.3. The number of carbonyl (C=O) groups excluding carboxylic acids is 1. The molecule has 0 aliphatic rings. The molecule has 0 fully saturated rings. The zero-order valence-corrected chi connectivity index (χ0v) is 15.3. The highest BCUT2D eigenvalue weighted by Gasteiger charge is 2.05. The third-order valence-corrected chi connectivity index (χ3v) is 5.21. The summed E-state index contributed by atoms with van der Waals surface area (Å²) in [5, 5.41) is 1.98. The second kappa shape index (κ2) is 14.0. The van der Waals surface area contributed by atoms with Crippen LogP contribution in [0.2, 0.25) is 0 Å². The summed E-state index contributed by atoms with van der Waals surface area (Å²) in [6, 6.07) is 3.90. The van der Waals surface area contributed by atoms with Crippen LogP contribution in [-0.2, 0) is 0 Å². The Kier molecular flexibility index (Phi) is 12.4. The summed E-state index contributed by atoms with van der Waals surface area (Å²) >= 11 is 1.57. The molecule has 1 aromatic heterocycles. The van der Waals surface area contributed by atoms with Crippen molar-refractivity contribution < 1.29 is 4.79 Å². The van der Waals surface area contributed by atoms with Crippen molar-refractivity contribution in [1.82, 2.24) is 0 Å². The van der Waals surface area contributed by atoms with Gasteiger partial charge in [0, 0.05) is 6.42 Å². The van der Waals surface area contributed by atoms with Crippen LogP contribution in [0.3, 0.4) is 0 Å². The highest BCUT2D eigenvalue weighted by atomic mass is 32.1. The van der Waals surface area contributed by atoms with Gasteiger partial charge in [-0.3, -0.25) is 4.79 Å². The first-order chi connectivity index (χ1) is 10.8. The van der Waals surface area contributed by atoms with Crippen molar-refractivity contribution in [2.45, 2.75) is 96.8 Å². The molecule has 0 aliphatic carbocycles. The van der Waals surface area contributed by atoms with Crippen molar-refractivity contribution in [3.63, 3.8) is 0 Å². The van der Waals surface area contributed by atoms with E-state index in [0.717, 1.165) is 17.7 Å². The molecule has 1 aromatic rings. The normalized spacial score (nSPS) is 11.0. The van der Waals surface area contributed by atoms with E-state index in [1.54, 1.807) is 11.3 Å². The van der Waals surface area contributed by atoms with E-state index in [4.69, 9.17) is 0 Å². The lowest BCUT2D eigenvalue weighted by Crippen LogP contribution is -1.95. The van der Waals surface area contributed by atoms with E-state index >= 15 is 0 Å². The molecule has 0 spiro atoms. The van der Waals surface area contributed by atoms with Crippen molar-refractivity contribution in [3.8, 4) is 0 Å². The third kappa shape index (κ3) is 10.2. The van der Waals surface area contributed by atoms with Gasteiger partial charge in [0.25, 0.3) is 0 Å². The van der Waals surface area contributed by atoms with Crippen LogP contribution in [-0.4, -0.2) is 5.78 Å². The van der Waals surface area contributed by atoms with Gasteiger partial charge in [0.2, 0.25) is 0 Å². The predicted octanol–water partition coefficient (Wildman–Crippen LogP) is 7.41. The second-order valence-electron chi connectivity index (χ2n) is 6.39. The maximum atomic E-state index is 11.8. The molecule has 0 N–H and O–H groups in total. The van der Waals surface area contributed by atoms with Crippen LogP contribution in [0.5, 0.6) is 0 Å². The van der Waals surface area contributed by atoms with Gasteiger partial charge in [-0.25, -0.2) is 0 Å². The SMILES string of the molecule is CCCCCCCCCCCCCCCC(=O)c1cccs1. The Morgan fingerprint density at radius 1 is 0.818 bits per heavy atom. The minimum Gasteiger partial charge on any atom is -0.293 e. The van der Waals surface area contributed by atoms with E-state index in [2.05, 4.69) is 6.92 Å². The Morgan fingerprint density at radius 2 is 1.32 bits per heavy atom. The highest BCUT2D eigenvalue weighted by Crippen LogP contribution is 2.15. The fourth-order valence-electron chi connectivity index (χ4n) is 2.86. The fraction of sp³-hybridized carbons (Fsp3) is 0.750. The van der Waals surface area contributed by atoms with Crippen molar-refractivity contribution in [1.29, 1.82) is 0 Å². The van der Waals surface area contributed by atoms with Gasteiger partial charge in [-0.05, 0) is 17.9 Å². The number of hydrogen-bond donors (Lipinski definition) is 0. The lowest BCUT2D eigenvalue weighted by molar-refractivity contribution is 0.0983. The van der Waals surface area contributed by atoms with Gasteiger partial charge in [-0.15, -0.1) is 11.3 Å². The van der Waals surface area contributed by atoms with Gasteiger partial charge in [0.1, 0.15) is 0 Å². The number of rotatable bonds is 15. The Labute approximate surface area is 141 Å². The van der Waals surface area contributed by atoms with Crippen LogP contribution < -0.4 is 0 Å². The van der Waals surface area contributed by atoms with Crippen LogP contribution in [0.15, 0.2) is 17.5 Å². The Bertz CT molecular complexity index is 356. The molecular formula is C20H34OS. The van der Waals surface area contributed by atoms with Gasteiger partial charge >= 0.3 is 0 Å². The minimum absolute atomic E-state index is 0.332. The van der Waals surface area contributed by atoms with Crippen LogP contribution in [0, 0.1) is 0 Å². The predicted molar refractivity (Wildman–Crippen MR) is 99.0 cm³/mol. The van der Waals surface area contributed by atoms with Gasteiger partial charge in [-0.1, -0.05) is 90.0 Å². The summed E-state index contributed by atoms with van der Waals surface area (Å²) in [5.41, 5.74) is 0. The molecule has 1 heterocycles. The van der Waals surface area contributed by atoms with Gasteiger partial charge < -0.3 is 0 Å². The largest absolute Gasteiger partial charge is 0.293 e. The lowest BCUT2D eigenvalue weighted by Gasteiger charge is -2.03. The molecule has 1 nitrogen and oxygen atoms in total. The molecule has 22 heavy (non-hydrogen) atoms. The smallest absolute Gasteiger partial charge is 0.172 e. The molecule has 1 rings (SSSR count). The number of thiophene rings is 1. The molecule has 0 aliphatic heterocycles. The monoisotopic (exact) mass is 322 g/mol. The molecule has 0 bridgehead atoms. The first kappa shape index (κ1) is 19.4. The Morgan fingerprint density at radius 3 is 1.77 bits per heavy atom. The Balaban J connectivity index is 1.77. The fourth-order valence-corrected chi connectivity index (χ4v) is 3.56. The van der Waals surface area contributed by atoms with Gasteiger partial charge in [-0.2, -0.15) is 0 Å². The number of ketones is 1. The molecule has 0 unspecified atom stereocenters. The number of carbonyl (C=O) groups is 1. The van der Waals surface area contributed by atoms with E-state index < -0.39 is 0 Å². The molecular weight excluding hydrogens is 288 g/mol. The zero-order chi connectivity index (χ0) is 15.9. The van der Waals surface area contributed by atoms with Crippen molar-refractivity contribution in [2.75, 3.05) is 0 Å². The van der Waals surface area contributed by atoms with E-state index in [9.17, 15) is 4.79 Å². The van der Waals surface area contributed by atoms with Crippen LogP contribution in [0.4, 0.5) is 0 Å². The number of Topliss-reactive ketones (excluding diaryl/α,β-unsaturated/α-hetero) is 1. The zero-order valence-electron chi connectivity index (χ0n) is 14.4. The topological polar surface area (TPSA) is 17.1 Å². The maximum absolute atomic E-state index is 11.8. The number of unbranched alkanes of at least 4 members (excludes halogenated alkanes) is 12. The summed E-state index contributed by atoms with van der Waals surface area (Å²) in [7, 11) is 0. The van der Waals surface area contributed by atoms with Crippen molar-refractivity contribution in [3.05, 3.63) is 22.4 Å². The van der Waals surface area contributed by atoms with E-state index in [-0.39, 0.29) is 0 Å². The molecule has 0 saturated carbocycles. The summed E-state index contributed by atoms with van der Waals surface area (Å²) in [6.45, 7) is 2.28. The van der Waals surface area contributed by atoms with Crippen LogP contribution in [0.1, 0.15) is 106 Å². The summed E-state index contributed by atoms with van der Waals surface area (Å²) < 4.78 is 0. The average Bonchev–Trinajstić information content (AvgIpc) is 3.06. The third-order valence-electron chi connectivity index (χ3n) is 4.30. The molecule has 0 aromatic carbocycles. The molecule has 0 atom stereocenters. The Hall–Kier alpha value is -0.630. The lowest BCUT2D eigenvalue weighted by atomic mass is 10.0. The van der Waals surface area contributed by atoms with Gasteiger partial charge in [0.05, 0.1) is 4.88 Å². The van der Waals surface area contributed by atoms with Crippen molar-refractivity contribution in [2.24, 2.45) is 0 Å².